The van der Waals surface area contributed by atoms with Gasteiger partial charge in [0.25, 0.3) is 0 Å². The van der Waals surface area contributed by atoms with E-state index < -0.39 is 0 Å². The van der Waals surface area contributed by atoms with E-state index in [9.17, 15) is 4.79 Å². The summed E-state index contributed by atoms with van der Waals surface area (Å²) in [5.41, 5.74) is 0.884. The van der Waals surface area contributed by atoms with Crippen molar-refractivity contribution in [3.05, 3.63) is 52.0 Å². The number of thioether (sulfide) groups is 1. The molecule has 1 N–H and O–H groups in total. The number of hydrogen-bond acceptors (Lipinski definition) is 4. The second kappa shape index (κ2) is 10.2. The molecule has 2 aromatic carbocycles. The van der Waals surface area contributed by atoms with Crippen LogP contribution in [-0.4, -0.2) is 25.4 Å². The van der Waals surface area contributed by atoms with Crippen molar-refractivity contribution in [2.75, 3.05) is 19.5 Å². The van der Waals surface area contributed by atoms with Crippen LogP contribution in [0.5, 0.6) is 11.5 Å². The van der Waals surface area contributed by atoms with Crippen molar-refractivity contribution in [2.24, 2.45) is 0 Å². The van der Waals surface area contributed by atoms with E-state index in [1.165, 1.54) is 11.8 Å². The third-order valence-corrected chi connectivity index (χ3v) is 5.02. The number of carbonyl (C=O) groups is 1. The highest BCUT2D eigenvalue weighted by Gasteiger charge is 2.08. The highest BCUT2D eigenvalue weighted by atomic mass is 35.5. The molecule has 0 heterocycles. The number of rotatable bonds is 8. The fourth-order valence-corrected chi connectivity index (χ4v) is 3.10. The fourth-order valence-electron chi connectivity index (χ4n) is 2.03. The van der Waals surface area contributed by atoms with Gasteiger partial charge in [-0.2, -0.15) is 0 Å². The van der Waals surface area contributed by atoms with Crippen LogP contribution in [0.2, 0.25) is 10.0 Å². The summed E-state index contributed by atoms with van der Waals surface area (Å²) in [5.74, 6) is 3.73. The van der Waals surface area contributed by atoms with E-state index >= 15 is 0 Å². The van der Waals surface area contributed by atoms with Crippen LogP contribution in [0, 0.1) is 12.3 Å². The molecule has 0 spiro atoms. The first-order valence-corrected chi connectivity index (χ1v) is 9.35. The lowest BCUT2D eigenvalue weighted by molar-refractivity contribution is -0.118. The summed E-state index contributed by atoms with van der Waals surface area (Å²) in [5, 5.41) is 3.80. The van der Waals surface area contributed by atoms with Crippen LogP contribution in [0.4, 0.5) is 0 Å². The van der Waals surface area contributed by atoms with E-state index in [1.807, 2.05) is 18.2 Å². The molecule has 2 aromatic rings. The van der Waals surface area contributed by atoms with Crippen LogP contribution in [-0.2, 0) is 11.3 Å². The summed E-state index contributed by atoms with van der Waals surface area (Å²) >= 11 is 13.2. The third kappa shape index (κ3) is 6.06. The Bertz CT molecular complexity index is 821. The molecule has 26 heavy (non-hydrogen) atoms. The van der Waals surface area contributed by atoms with Gasteiger partial charge in [-0.3, -0.25) is 4.79 Å². The van der Waals surface area contributed by atoms with E-state index in [0.29, 0.717) is 28.1 Å². The molecule has 0 unspecified atom stereocenters. The monoisotopic (exact) mass is 409 g/mol. The molecule has 0 aliphatic heterocycles. The number of hydrogen-bond donors (Lipinski definition) is 1. The first-order valence-electron chi connectivity index (χ1n) is 7.61. The zero-order valence-corrected chi connectivity index (χ0v) is 16.4. The van der Waals surface area contributed by atoms with Gasteiger partial charge in [0.2, 0.25) is 5.91 Å². The van der Waals surface area contributed by atoms with Crippen molar-refractivity contribution >= 4 is 40.9 Å². The molecule has 0 fully saturated rings. The van der Waals surface area contributed by atoms with Crippen molar-refractivity contribution in [3.63, 3.8) is 0 Å². The molecule has 0 saturated carbocycles. The van der Waals surface area contributed by atoms with E-state index in [-0.39, 0.29) is 18.3 Å². The van der Waals surface area contributed by atoms with E-state index in [1.54, 1.807) is 25.3 Å². The maximum Gasteiger partial charge on any atom is 0.230 e. The lowest BCUT2D eigenvalue weighted by Gasteiger charge is -2.10. The van der Waals surface area contributed by atoms with Gasteiger partial charge < -0.3 is 14.8 Å². The van der Waals surface area contributed by atoms with Gasteiger partial charge in [0.05, 0.1) is 22.9 Å². The fraction of sp³-hybridized carbons (Fsp3) is 0.211. The average molecular weight is 410 g/mol. The Morgan fingerprint density at radius 2 is 2.00 bits per heavy atom. The highest BCUT2D eigenvalue weighted by molar-refractivity contribution is 8.00. The molecule has 0 saturated heterocycles. The number of carbonyl (C=O) groups excluding carboxylic acids is 1. The second-order valence-corrected chi connectivity index (χ2v) is 6.98. The number of amides is 1. The maximum atomic E-state index is 12.0. The average Bonchev–Trinajstić information content (AvgIpc) is 2.65. The van der Waals surface area contributed by atoms with Gasteiger partial charge in [-0.1, -0.05) is 35.2 Å². The van der Waals surface area contributed by atoms with Crippen LogP contribution < -0.4 is 14.8 Å². The van der Waals surface area contributed by atoms with Crippen LogP contribution >= 0.6 is 35.0 Å². The predicted octanol–water partition coefficient (Wildman–Crippen LogP) is 4.42. The summed E-state index contributed by atoms with van der Waals surface area (Å²) in [6.07, 6.45) is 5.19. The van der Waals surface area contributed by atoms with Gasteiger partial charge in [0.15, 0.2) is 11.5 Å². The van der Waals surface area contributed by atoms with Gasteiger partial charge in [-0.25, -0.2) is 0 Å². The normalized spacial score (nSPS) is 10.1. The largest absolute Gasteiger partial charge is 0.493 e. The Kier molecular flexibility index (Phi) is 7.99. The third-order valence-electron chi connectivity index (χ3n) is 3.29. The van der Waals surface area contributed by atoms with Gasteiger partial charge in [-0.05, 0) is 35.9 Å². The predicted molar refractivity (Wildman–Crippen MR) is 106 cm³/mol. The second-order valence-electron chi connectivity index (χ2n) is 5.12. The van der Waals surface area contributed by atoms with Crippen LogP contribution in [0.1, 0.15) is 5.56 Å². The lowest BCUT2D eigenvalue weighted by atomic mass is 10.2. The van der Waals surface area contributed by atoms with Crippen molar-refractivity contribution in [1.82, 2.24) is 5.32 Å². The molecule has 136 valence electrons. The standard InChI is InChI=1S/C19H17Cl2NO3S/c1-3-8-25-17-7-5-14(10-18(17)24-2)26-12-19(23)22-11-13-4-6-15(20)16(21)9-13/h1,4-7,9-10H,8,11-12H2,2H3,(H,22,23). The highest BCUT2D eigenvalue weighted by Crippen LogP contribution is 2.32. The molecule has 0 aromatic heterocycles. The molecule has 0 atom stereocenters. The number of benzene rings is 2. The summed E-state index contributed by atoms with van der Waals surface area (Å²) in [6.45, 7) is 0.554. The first-order chi connectivity index (χ1) is 12.5. The molecule has 1 amide bonds. The van der Waals surface area contributed by atoms with Crippen LogP contribution in [0.15, 0.2) is 41.3 Å². The molecule has 4 nitrogen and oxygen atoms in total. The lowest BCUT2D eigenvalue weighted by Crippen LogP contribution is -2.24. The minimum atomic E-state index is -0.0901. The molecular formula is C19H17Cl2NO3S. The van der Waals surface area contributed by atoms with Gasteiger partial charge in [0, 0.05) is 11.4 Å². The summed E-state index contributed by atoms with van der Waals surface area (Å²) < 4.78 is 10.7. The van der Waals surface area contributed by atoms with E-state index in [0.717, 1.165) is 10.5 Å². The Morgan fingerprint density at radius 1 is 1.19 bits per heavy atom. The quantitative estimate of drug-likeness (QED) is 0.517. The Balaban J connectivity index is 1.86. The van der Waals surface area contributed by atoms with E-state index in [2.05, 4.69) is 11.2 Å². The summed E-state index contributed by atoms with van der Waals surface area (Å²) in [4.78, 5) is 12.9. The maximum absolute atomic E-state index is 12.0. The van der Waals surface area contributed by atoms with Crippen molar-refractivity contribution < 1.29 is 14.3 Å². The number of halogens is 2. The minimum absolute atomic E-state index is 0.0901. The van der Waals surface area contributed by atoms with Crippen molar-refractivity contribution in [1.29, 1.82) is 0 Å². The molecule has 0 aliphatic carbocycles. The Hall–Kier alpha value is -2.00. The van der Waals surface area contributed by atoms with E-state index in [4.69, 9.17) is 39.1 Å². The zero-order valence-electron chi connectivity index (χ0n) is 14.1. The zero-order chi connectivity index (χ0) is 18.9. The number of ether oxygens (including phenoxy) is 2. The summed E-state index contributed by atoms with van der Waals surface area (Å²) in [6, 6.07) is 10.7. The molecule has 0 bridgehead atoms. The van der Waals surface area contributed by atoms with Crippen molar-refractivity contribution in [3.8, 4) is 23.8 Å². The smallest absolute Gasteiger partial charge is 0.230 e. The van der Waals surface area contributed by atoms with Gasteiger partial charge in [-0.15, -0.1) is 18.2 Å². The number of terminal acetylenes is 1. The first kappa shape index (κ1) is 20.3. The SMILES string of the molecule is C#CCOc1ccc(SCC(=O)NCc2ccc(Cl)c(Cl)c2)cc1OC. The topological polar surface area (TPSA) is 47.6 Å². The molecule has 2 rings (SSSR count). The van der Waals surface area contributed by atoms with Gasteiger partial charge >= 0.3 is 0 Å². The molecular weight excluding hydrogens is 393 g/mol. The molecule has 0 radical (unpaired) electrons. The van der Waals surface area contributed by atoms with Crippen LogP contribution in [0.25, 0.3) is 0 Å². The molecule has 0 aliphatic rings. The molecule has 7 heteroatoms. The van der Waals surface area contributed by atoms with Gasteiger partial charge in [0.1, 0.15) is 6.61 Å². The van der Waals surface area contributed by atoms with Crippen LogP contribution in [0.3, 0.4) is 0 Å². The minimum Gasteiger partial charge on any atom is -0.493 e. The number of nitrogens with one attached hydrogen (secondary N) is 1. The summed E-state index contributed by atoms with van der Waals surface area (Å²) in [7, 11) is 1.55. The number of methoxy groups -OCH3 is 1. The van der Waals surface area contributed by atoms with Crippen molar-refractivity contribution in [2.45, 2.75) is 11.4 Å². The Labute approximate surface area is 167 Å². The Morgan fingerprint density at radius 3 is 2.69 bits per heavy atom.